The maximum absolute atomic E-state index is 2.55. The number of fused-ring (bicyclic) bond motifs is 3. The number of allylic oxidation sites excluding steroid dienone is 7. The first-order valence-electron chi connectivity index (χ1n) is 22.8. The molecule has 0 saturated carbocycles. The van der Waals surface area contributed by atoms with Gasteiger partial charge in [-0.25, -0.2) is 0 Å². The van der Waals surface area contributed by atoms with Crippen molar-refractivity contribution >= 4 is 77.2 Å². The van der Waals surface area contributed by atoms with Crippen LogP contribution in [-0.2, 0) is 6.42 Å². The average Bonchev–Trinajstić information content (AvgIpc) is 4.08. The molecule has 0 bridgehead atoms. The van der Waals surface area contributed by atoms with E-state index >= 15 is 0 Å². The van der Waals surface area contributed by atoms with E-state index in [0.29, 0.717) is 5.92 Å². The van der Waals surface area contributed by atoms with Crippen LogP contribution in [0.5, 0.6) is 0 Å². The van der Waals surface area contributed by atoms with E-state index in [2.05, 4.69) is 199 Å². The molecular formula is C60H47NS3. The van der Waals surface area contributed by atoms with E-state index < -0.39 is 0 Å². The molecule has 0 saturated heterocycles. The summed E-state index contributed by atoms with van der Waals surface area (Å²) in [4.78, 5) is 8.24. The maximum Gasteiger partial charge on any atom is 0.0458 e. The third-order valence-electron chi connectivity index (χ3n) is 13.4. The third kappa shape index (κ3) is 7.15. The predicted molar refractivity (Wildman–Crippen MR) is 280 cm³/mol. The largest absolute Gasteiger partial charge is 0.315 e. The molecule has 1 unspecified atom stereocenters. The van der Waals surface area contributed by atoms with Crippen molar-refractivity contribution in [3.63, 3.8) is 0 Å². The molecule has 3 aromatic heterocycles. The Morgan fingerprint density at radius 2 is 1.08 bits per heavy atom. The molecule has 3 aliphatic carbocycles. The van der Waals surface area contributed by atoms with Gasteiger partial charge in [-0.15, -0.1) is 34.0 Å². The Morgan fingerprint density at radius 1 is 0.484 bits per heavy atom. The first-order chi connectivity index (χ1) is 31.7. The van der Waals surface area contributed by atoms with Crippen LogP contribution in [-0.4, -0.2) is 0 Å². The van der Waals surface area contributed by atoms with Crippen molar-refractivity contribution in [2.75, 3.05) is 4.90 Å². The van der Waals surface area contributed by atoms with Crippen molar-refractivity contribution in [3.8, 4) is 43.1 Å². The normalized spacial score (nSPS) is 15.9. The highest BCUT2D eigenvalue weighted by molar-refractivity contribution is 7.23. The molecule has 1 nitrogen and oxygen atoms in total. The fourth-order valence-corrected chi connectivity index (χ4v) is 14.2. The molecular weight excluding hydrogens is 831 g/mol. The molecule has 0 aliphatic heterocycles. The molecule has 12 rings (SSSR count). The minimum atomic E-state index is 0.466. The molecule has 4 heteroatoms. The SMILES string of the molecule is C1=CCCC(c2c(-c3ccc(N(C4=CCC(c5sc6ccccc6c5-c5ccccc5)CC4)c4ccc(-c5sc6ccccc6c5-c5ccccc5)cc4)cc3)sc3c2CCC=C3)=C1. The van der Waals surface area contributed by atoms with Crippen LogP contribution in [0.4, 0.5) is 11.4 Å². The molecule has 0 radical (unpaired) electrons. The monoisotopic (exact) mass is 877 g/mol. The second-order valence-electron chi connectivity index (χ2n) is 17.2. The molecule has 3 heterocycles. The van der Waals surface area contributed by atoms with E-state index in [9.17, 15) is 0 Å². The molecule has 0 amide bonds. The predicted octanol–water partition coefficient (Wildman–Crippen LogP) is 18.5. The van der Waals surface area contributed by atoms with Crippen LogP contribution in [0.2, 0.25) is 0 Å². The van der Waals surface area contributed by atoms with Crippen LogP contribution in [0, 0.1) is 0 Å². The lowest BCUT2D eigenvalue weighted by atomic mass is 9.86. The summed E-state index contributed by atoms with van der Waals surface area (Å²) < 4.78 is 2.70. The summed E-state index contributed by atoms with van der Waals surface area (Å²) in [5.41, 5.74) is 16.2. The minimum Gasteiger partial charge on any atom is -0.315 e. The van der Waals surface area contributed by atoms with E-state index in [1.165, 1.54) is 101 Å². The zero-order chi connectivity index (χ0) is 42.4. The highest BCUT2D eigenvalue weighted by Gasteiger charge is 2.28. The number of thiophene rings is 3. The fourth-order valence-electron chi connectivity index (χ4n) is 10.3. The van der Waals surface area contributed by atoms with Gasteiger partial charge >= 0.3 is 0 Å². The Bertz CT molecular complexity index is 3280. The van der Waals surface area contributed by atoms with Crippen molar-refractivity contribution in [2.24, 2.45) is 0 Å². The Balaban J connectivity index is 0.938. The summed E-state index contributed by atoms with van der Waals surface area (Å²) in [6, 6.07) is 58.7. The number of rotatable bonds is 9. The van der Waals surface area contributed by atoms with Gasteiger partial charge in [0.2, 0.25) is 0 Å². The topological polar surface area (TPSA) is 3.24 Å². The van der Waals surface area contributed by atoms with Crippen LogP contribution in [0.25, 0.3) is 75.0 Å². The van der Waals surface area contributed by atoms with E-state index in [-0.39, 0.29) is 0 Å². The van der Waals surface area contributed by atoms with Crippen molar-refractivity contribution in [1.29, 1.82) is 0 Å². The van der Waals surface area contributed by atoms with Gasteiger partial charge in [-0.2, -0.15) is 0 Å². The fraction of sp³-hybridized carbons (Fsp3) is 0.133. The lowest BCUT2D eigenvalue weighted by molar-refractivity contribution is 0.603. The maximum atomic E-state index is 2.55. The van der Waals surface area contributed by atoms with E-state index in [4.69, 9.17) is 0 Å². The standard InChI is InChI=1S/C60H47NS3/c1-4-16-40(17-5-1)55-49-22-10-13-25-52(49)62-58(55)43-28-34-46(35-29-43)61(47-36-30-44(31-37-47)59-56(41-18-6-2-7-19-41)50-23-11-14-26-53(50)63-59)48-38-32-45(33-39-48)60-57(42-20-8-3-9-21-42)51-24-12-15-27-54(51)64-60/h1-8,10-11,13-20,22-23,25-29,32-36,38-39,44H,9,12,21,24,30-31,37H2. The number of hydrogen-bond donors (Lipinski definition) is 0. The van der Waals surface area contributed by atoms with Crippen molar-refractivity contribution < 1.29 is 0 Å². The Morgan fingerprint density at radius 3 is 1.72 bits per heavy atom. The molecule has 0 fully saturated rings. The number of nitrogens with zero attached hydrogens (tertiary/aromatic N) is 1. The molecule has 0 spiro atoms. The molecule has 6 aromatic carbocycles. The summed E-state index contributed by atoms with van der Waals surface area (Å²) in [6.07, 6.45) is 21.8. The lowest BCUT2D eigenvalue weighted by Gasteiger charge is -2.32. The van der Waals surface area contributed by atoms with Gasteiger partial charge < -0.3 is 4.90 Å². The first-order valence-corrected chi connectivity index (χ1v) is 25.2. The zero-order valence-corrected chi connectivity index (χ0v) is 38.1. The number of benzene rings is 6. The second-order valence-corrected chi connectivity index (χ2v) is 20.4. The van der Waals surface area contributed by atoms with Crippen molar-refractivity contribution in [1.82, 2.24) is 0 Å². The van der Waals surface area contributed by atoms with Crippen LogP contribution in [0.15, 0.2) is 194 Å². The van der Waals surface area contributed by atoms with E-state index in [1.54, 1.807) is 5.56 Å². The van der Waals surface area contributed by atoms with Gasteiger partial charge in [0.1, 0.15) is 0 Å². The molecule has 3 aliphatic rings. The van der Waals surface area contributed by atoms with E-state index in [0.717, 1.165) is 44.9 Å². The van der Waals surface area contributed by atoms with Gasteiger partial charge in [0, 0.05) is 73.4 Å². The van der Waals surface area contributed by atoms with Crippen molar-refractivity contribution in [3.05, 3.63) is 215 Å². The summed E-state index contributed by atoms with van der Waals surface area (Å²) in [5, 5.41) is 2.69. The molecule has 64 heavy (non-hydrogen) atoms. The third-order valence-corrected chi connectivity index (χ3v) is 17.2. The van der Waals surface area contributed by atoms with Crippen molar-refractivity contribution in [2.45, 2.75) is 50.9 Å². The lowest BCUT2D eigenvalue weighted by Crippen LogP contribution is -2.20. The number of anilines is 2. The summed E-state index contributed by atoms with van der Waals surface area (Å²) in [7, 11) is 0. The Kier molecular flexibility index (Phi) is 10.4. The first kappa shape index (κ1) is 39.3. The smallest absolute Gasteiger partial charge is 0.0458 e. The van der Waals surface area contributed by atoms with Crippen LogP contribution in [0.1, 0.15) is 65.3 Å². The number of hydrogen-bond acceptors (Lipinski definition) is 4. The summed E-state index contributed by atoms with van der Waals surface area (Å²) >= 11 is 5.86. The van der Waals surface area contributed by atoms with Gasteiger partial charge in [0.25, 0.3) is 0 Å². The second kappa shape index (κ2) is 17.0. The quantitative estimate of drug-likeness (QED) is 0.140. The molecule has 310 valence electrons. The average molecular weight is 878 g/mol. The Labute approximate surface area is 388 Å². The van der Waals surface area contributed by atoms with Gasteiger partial charge in [0.15, 0.2) is 0 Å². The molecule has 9 aromatic rings. The highest BCUT2D eigenvalue weighted by atomic mass is 32.1. The van der Waals surface area contributed by atoms with Gasteiger partial charge in [-0.1, -0.05) is 152 Å². The molecule has 1 atom stereocenters. The van der Waals surface area contributed by atoms with Crippen LogP contribution < -0.4 is 4.90 Å². The highest BCUT2D eigenvalue weighted by Crippen LogP contribution is 2.50. The van der Waals surface area contributed by atoms with Gasteiger partial charge in [0.05, 0.1) is 0 Å². The van der Waals surface area contributed by atoms with Gasteiger partial charge in [-0.3, -0.25) is 0 Å². The summed E-state index contributed by atoms with van der Waals surface area (Å²) in [6.45, 7) is 0. The zero-order valence-electron chi connectivity index (χ0n) is 35.7. The minimum absolute atomic E-state index is 0.466. The van der Waals surface area contributed by atoms with Crippen LogP contribution in [0.3, 0.4) is 0 Å². The van der Waals surface area contributed by atoms with Gasteiger partial charge in [-0.05, 0) is 127 Å². The molecule has 0 N–H and O–H groups in total. The summed E-state index contributed by atoms with van der Waals surface area (Å²) in [5.74, 6) is 0.466. The van der Waals surface area contributed by atoms with Crippen LogP contribution >= 0.6 is 34.0 Å². The van der Waals surface area contributed by atoms with E-state index in [1.807, 2.05) is 34.0 Å². The Hall–Kier alpha value is -6.30.